The molecule has 0 bridgehead atoms. The molecule has 0 radical (unpaired) electrons. The summed E-state index contributed by atoms with van der Waals surface area (Å²) >= 11 is 1.71. The number of thiophene rings is 1. The molecule has 1 aliphatic carbocycles. The highest BCUT2D eigenvalue weighted by atomic mass is 32.1. The maximum atomic E-state index is 12.8. The number of rotatable bonds is 6. The summed E-state index contributed by atoms with van der Waals surface area (Å²) in [6, 6.07) is 7.25. The van der Waals surface area contributed by atoms with E-state index in [-0.39, 0.29) is 11.6 Å². The van der Waals surface area contributed by atoms with Crippen LogP contribution in [0.4, 0.5) is 11.4 Å². The number of benzene rings is 1. The van der Waals surface area contributed by atoms with Crippen LogP contribution in [-0.4, -0.2) is 48.0 Å². The van der Waals surface area contributed by atoms with Crippen molar-refractivity contribution in [3.05, 3.63) is 56.3 Å². The van der Waals surface area contributed by atoms with Gasteiger partial charge in [0.25, 0.3) is 11.6 Å². The Labute approximate surface area is 161 Å². The fraction of sp³-hybridized carbons (Fsp3) is 0.421. The summed E-state index contributed by atoms with van der Waals surface area (Å²) in [5, 5.41) is 18.8. The Bertz CT molecular complexity index is 827. The number of nitrogens with zero attached hydrogens (tertiary/aromatic N) is 2. The van der Waals surface area contributed by atoms with E-state index in [1.807, 2.05) is 4.90 Å². The van der Waals surface area contributed by atoms with E-state index in [2.05, 4.69) is 22.1 Å². The summed E-state index contributed by atoms with van der Waals surface area (Å²) in [6.07, 6.45) is 2.08. The van der Waals surface area contributed by atoms with Gasteiger partial charge in [0.2, 0.25) is 0 Å². The molecule has 1 aromatic carbocycles. The van der Waals surface area contributed by atoms with Crippen LogP contribution in [0, 0.1) is 10.1 Å². The second-order valence-corrected chi connectivity index (χ2v) is 8.04. The lowest BCUT2D eigenvalue weighted by Gasteiger charge is -2.32. The van der Waals surface area contributed by atoms with Crippen LogP contribution < -0.4 is 10.2 Å². The molecule has 1 saturated heterocycles. The molecule has 2 aromatic rings. The van der Waals surface area contributed by atoms with E-state index >= 15 is 0 Å². The number of hydrogen-bond acceptors (Lipinski definition) is 5. The zero-order chi connectivity index (χ0) is 18.8. The highest BCUT2D eigenvalue weighted by molar-refractivity contribution is 7.07. The fourth-order valence-electron chi connectivity index (χ4n) is 3.45. The third kappa shape index (κ3) is 4.28. The SMILES string of the molecule is O=C(c1ccc(NC2CC2)c([N+](=O)[O-])c1)N1CC[NH+](Cc2ccsc2)CC1. The molecule has 8 heteroatoms. The van der Waals surface area contributed by atoms with E-state index in [0.29, 0.717) is 30.4 Å². The first-order chi connectivity index (χ1) is 13.1. The van der Waals surface area contributed by atoms with Gasteiger partial charge in [-0.05, 0) is 41.8 Å². The first-order valence-electron chi connectivity index (χ1n) is 9.29. The summed E-state index contributed by atoms with van der Waals surface area (Å²) in [6.45, 7) is 4.12. The number of hydrogen-bond donors (Lipinski definition) is 2. The van der Waals surface area contributed by atoms with Crippen molar-refractivity contribution in [1.82, 2.24) is 4.90 Å². The number of quaternary nitrogens is 1. The second-order valence-electron chi connectivity index (χ2n) is 7.26. The molecule has 4 rings (SSSR count). The van der Waals surface area contributed by atoms with Crippen molar-refractivity contribution in [1.29, 1.82) is 0 Å². The van der Waals surface area contributed by atoms with Crippen molar-refractivity contribution in [2.45, 2.75) is 25.4 Å². The normalized spacial score (nSPS) is 17.7. The van der Waals surface area contributed by atoms with E-state index in [1.165, 1.54) is 16.5 Å². The molecule has 1 aliphatic heterocycles. The highest BCUT2D eigenvalue weighted by Gasteiger charge is 2.28. The Hall–Kier alpha value is -2.45. The molecule has 2 N–H and O–H groups in total. The summed E-state index contributed by atoms with van der Waals surface area (Å²) in [7, 11) is 0. The molecule has 0 spiro atoms. The van der Waals surface area contributed by atoms with Crippen LogP contribution in [0.5, 0.6) is 0 Å². The first kappa shape index (κ1) is 17.9. The minimum absolute atomic E-state index is 0.0190. The fourth-order valence-corrected chi connectivity index (χ4v) is 4.12. The van der Waals surface area contributed by atoms with Gasteiger partial charge in [-0.15, -0.1) is 0 Å². The van der Waals surface area contributed by atoms with Crippen LogP contribution in [0.3, 0.4) is 0 Å². The van der Waals surface area contributed by atoms with E-state index < -0.39 is 4.92 Å². The molecule has 2 heterocycles. The number of carbonyl (C=O) groups excluding carboxylic acids is 1. The molecule has 1 amide bonds. The number of amides is 1. The number of nitro benzene ring substituents is 1. The number of nitrogens with one attached hydrogen (secondary N) is 2. The molecule has 142 valence electrons. The molecule has 2 aliphatic rings. The molecule has 7 nitrogen and oxygen atoms in total. The van der Waals surface area contributed by atoms with Gasteiger partial charge in [0, 0.05) is 23.2 Å². The lowest BCUT2D eigenvalue weighted by Crippen LogP contribution is -3.13. The standard InChI is InChI=1S/C19H22N4O3S/c24-19(22-8-6-21(7-9-22)12-14-5-10-27-13-14)15-1-4-17(20-16-2-3-16)18(11-15)23(25)26/h1,4-5,10-11,13,16,20H,2-3,6-9,12H2/p+1. The zero-order valence-corrected chi connectivity index (χ0v) is 15.8. The van der Waals surface area contributed by atoms with Gasteiger partial charge < -0.3 is 15.1 Å². The van der Waals surface area contributed by atoms with E-state index in [4.69, 9.17) is 0 Å². The molecule has 1 saturated carbocycles. The van der Waals surface area contributed by atoms with Gasteiger partial charge in [-0.1, -0.05) is 0 Å². The Morgan fingerprint density at radius 2 is 2.07 bits per heavy atom. The molecule has 1 aromatic heterocycles. The van der Waals surface area contributed by atoms with Crippen LogP contribution in [0.25, 0.3) is 0 Å². The molecular formula is C19H23N4O3S+. The van der Waals surface area contributed by atoms with Crippen molar-refractivity contribution in [2.75, 3.05) is 31.5 Å². The second kappa shape index (κ2) is 7.66. The Morgan fingerprint density at radius 3 is 2.70 bits per heavy atom. The van der Waals surface area contributed by atoms with Gasteiger partial charge >= 0.3 is 0 Å². The highest BCUT2D eigenvalue weighted by Crippen LogP contribution is 2.31. The molecule has 27 heavy (non-hydrogen) atoms. The zero-order valence-electron chi connectivity index (χ0n) is 15.0. The average Bonchev–Trinajstić information content (AvgIpc) is 3.34. The van der Waals surface area contributed by atoms with Crippen molar-refractivity contribution in [3.63, 3.8) is 0 Å². The van der Waals surface area contributed by atoms with E-state index in [0.717, 1.165) is 32.5 Å². The first-order valence-corrected chi connectivity index (χ1v) is 10.2. The molecule has 0 unspecified atom stereocenters. The molecule has 2 fully saturated rings. The van der Waals surface area contributed by atoms with Crippen molar-refractivity contribution >= 4 is 28.6 Å². The largest absolute Gasteiger partial charge is 0.377 e. The van der Waals surface area contributed by atoms with Gasteiger partial charge in [0.05, 0.1) is 31.1 Å². The summed E-state index contributed by atoms with van der Waals surface area (Å²) in [5.74, 6) is -0.120. The van der Waals surface area contributed by atoms with Crippen LogP contribution in [0.1, 0.15) is 28.8 Å². The van der Waals surface area contributed by atoms with Crippen LogP contribution >= 0.6 is 11.3 Å². The third-order valence-electron chi connectivity index (χ3n) is 5.17. The quantitative estimate of drug-likeness (QED) is 0.585. The number of anilines is 1. The summed E-state index contributed by atoms with van der Waals surface area (Å²) < 4.78 is 0. The summed E-state index contributed by atoms with van der Waals surface area (Å²) in [4.78, 5) is 27.1. The van der Waals surface area contributed by atoms with Gasteiger partial charge in [-0.25, -0.2) is 0 Å². The maximum Gasteiger partial charge on any atom is 0.293 e. The van der Waals surface area contributed by atoms with Crippen LogP contribution in [0.15, 0.2) is 35.0 Å². The Kier molecular flexibility index (Phi) is 5.09. The van der Waals surface area contributed by atoms with Gasteiger partial charge in [-0.2, -0.15) is 11.3 Å². The van der Waals surface area contributed by atoms with Gasteiger partial charge in [-0.3, -0.25) is 14.9 Å². The van der Waals surface area contributed by atoms with Gasteiger partial charge in [0.15, 0.2) is 0 Å². The van der Waals surface area contributed by atoms with Crippen LogP contribution in [-0.2, 0) is 6.54 Å². The minimum atomic E-state index is -0.412. The predicted molar refractivity (Wildman–Crippen MR) is 104 cm³/mol. The lowest BCUT2D eigenvalue weighted by molar-refractivity contribution is -0.917. The molecule has 0 atom stereocenters. The predicted octanol–water partition coefficient (Wildman–Crippen LogP) is 1.77. The van der Waals surface area contributed by atoms with E-state index in [1.54, 1.807) is 23.5 Å². The van der Waals surface area contributed by atoms with Crippen molar-refractivity contribution in [3.8, 4) is 0 Å². The van der Waals surface area contributed by atoms with E-state index in [9.17, 15) is 14.9 Å². The lowest BCUT2D eigenvalue weighted by atomic mass is 10.1. The topological polar surface area (TPSA) is 79.9 Å². The number of carbonyl (C=O) groups is 1. The number of nitro groups is 1. The molecular weight excluding hydrogens is 364 g/mol. The average molecular weight is 387 g/mol. The smallest absolute Gasteiger partial charge is 0.293 e. The maximum absolute atomic E-state index is 12.8. The third-order valence-corrected chi connectivity index (χ3v) is 5.90. The Balaban J connectivity index is 1.40. The summed E-state index contributed by atoms with van der Waals surface area (Å²) in [5.41, 5.74) is 2.21. The van der Waals surface area contributed by atoms with Crippen LogP contribution in [0.2, 0.25) is 0 Å². The number of piperazine rings is 1. The monoisotopic (exact) mass is 387 g/mol. The minimum Gasteiger partial charge on any atom is -0.377 e. The van der Waals surface area contributed by atoms with Crippen molar-refractivity contribution in [2.24, 2.45) is 0 Å². The van der Waals surface area contributed by atoms with Gasteiger partial charge in [0.1, 0.15) is 12.2 Å². The Morgan fingerprint density at radius 1 is 1.30 bits per heavy atom. The van der Waals surface area contributed by atoms with Crippen molar-refractivity contribution < 1.29 is 14.6 Å².